The Balaban J connectivity index is 2.86. The van der Waals surface area contributed by atoms with Crippen molar-refractivity contribution in [2.75, 3.05) is 12.4 Å². The van der Waals surface area contributed by atoms with Gasteiger partial charge in [-0.15, -0.1) is 0 Å². The maximum absolute atomic E-state index is 12.2. The van der Waals surface area contributed by atoms with Crippen LogP contribution in [0.4, 0.5) is 5.69 Å². The van der Waals surface area contributed by atoms with Crippen LogP contribution in [0.25, 0.3) is 0 Å². The van der Waals surface area contributed by atoms with Gasteiger partial charge in [-0.3, -0.25) is 9.59 Å². The fraction of sp³-hybridized carbons (Fsp3) is 0.333. The van der Waals surface area contributed by atoms with Crippen LogP contribution in [-0.2, 0) is 9.59 Å². The molecule has 1 N–H and O–H groups in total. The second-order valence-corrected chi connectivity index (χ2v) is 4.98. The lowest BCUT2D eigenvalue weighted by atomic mass is 9.99. The Labute approximate surface area is 123 Å². The van der Waals surface area contributed by atoms with E-state index in [9.17, 15) is 9.59 Å². The van der Waals surface area contributed by atoms with Crippen molar-refractivity contribution < 1.29 is 14.3 Å². The fourth-order valence-corrected chi connectivity index (χ4v) is 1.79. The molecule has 0 aromatic heterocycles. The van der Waals surface area contributed by atoms with Crippen molar-refractivity contribution in [3.63, 3.8) is 0 Å². The monoisotopic (exact) mass is 295 g/mol. The van der Waals surface area contributed by atoms with Crippen LogP contribution in [0.3, 0.4) is 0 Å². The quantitative estimate of drug-likeness (QED) is 0.819. The minimum Gasteiger partial charge on any atom is -0.495 e. The highest BCUT2D eigenvalue weighted by Gasteiger charge is 2.23. The second-order valence-electron chi connectivity index (χ2n) is 4.38. The first kappa shape index (κ1) is 16.2. The lowest BCUT2D eigenvalue weighted by Gasteiger charge is -2.14. The third kappa shape index (κ3) is 4.70. The van der Waals surface area contributed by atoms with Crippen molar-refractivity contribution in [3.05, 3.63) is 35.4 Å². The number of carbonyl (C=O) groups is 2. The van der Waals surface area contributed by atoms with Gasteiger partial charge in [-0.1, -0.05) is 29.8 Å². The number of methoxy groups -OCH3 is 1. The molecule has 20 heavy (non-hydrogen) atoms. The van der Waals surface area contributed by atoms with Gasteiger partial charge in [0.05, 0.1) is 18.7 Å². The number of ketones is 1. The van der Waals surface area contributed by atoms with E-state index in [4.69, 9.17) is 16.3 Å². The molecule has 0 aliphatic rings. The van der Waals surface area contributed by atoms with Crippen molar-refractivity contribution in [3.8, 4) is 5.75 Å². The Kier molecular flexibility index (Phi) is 6.25. The maximum atomic E-state index is 12.2. The highest BCUT2D eigenvalue weighted by Crippen LogP contribution is 2.24. The van der Waals surface area contributed by atoms with Gasteiger partial charge in [0.1, 0.15) is 11.5 Å². The Bertz CT molecular complexity index is 522. The van der Waals surface area contributed by atoms with E-state index < -0.39 is 5.92 Å². The van der Waals surface area contributed by atoms with Crippen LogP contribution in [0.15, 0.2) is 35.4 Å². The summed E-state index contributed by atoms with van der Waals surface area (Å²) in [6.45, 7) is 3.10. The molecule has 0 unspecified atom stereocenters. The third-order valence-corrected chi connectivity index (χ3v) is 2.96. The first-order chi connectivity index (χ1) is 9.45. The molecular formula is C15H18ClNO3. The van der Waals surface area contributed by atoms with E-state index in [0.717, 1.165) is 0 Å². The van der Waals surface area contributed by atoms with Crippen LogP contribution in [-0.4, -0.2) is 18.8 Å². The summed E-state index contributed by atoms with van der Waals surface area (Å²) in [6.07, 6.45) is 1.95. The number of rotatable bonds is 6. The molecule has 0 aliphatic carbocycles. The largest absolute Gasteiger partial charge is 0.495 e. The predicted octanol–water partition coefficient (Wildman–Crippen LogP) is 3.37. The van der Waals surface area contributed by atoms with E-state index in [1.807, 2.05) is 0 Å². The summed E-state index contributed by atoms with van der Waals surface area (Å²) in [5, 5.41) is 3.27. The number of carbonyl (C=O) groups excluding carboxylic acids is 2. The Hall–Kier alpha value is -1.81. The zero-order valence-corrected chi connectivity index (χ0v) is 12.5. The third-order valence-electron chi connectivity index (χ3n) is 2.81. The van der Waals surface area contributed by atoms with Crippen molar-refractivity contribution in [1.82, 2.24) is 0 Å². The summed E-state index contributed by atoms with van der Waals surface area (Å²) in [5.41, 5.74) is 0.540. The zero-order chi connectivity index (χ0) is 15.1. The molecule has 1 amide bonds. The van der Waals surface area contributed by atoms with Crippen LogP contribution in [0.5, 0.6) is 5.75 Å². The second kappa shape index (κ2) is 7.70. The van der Waals surface area contributed by atoms with E-state index >= 15 is 0 Å². The average Bonchev–Trinajstić information content (AvgIpc) is 2.38. The van der Waals surface area contributed by atoms with Gasteiger partial charge in [-0.25, -0.2) is 0 Å². The molecule has 0 saturated heterocycles. The molecule has 0 fully saturated rings. The van der Waals surface area contributed by atoms with Gasteiger partial charge in [-0.2, -0.15) is 0 Å². The standard InChI is InChI=1S/C15H18ClNO3/c1-10(16)8-9-12(11(2)18)15(19)17-13-6-4-5-7-14(13)20-3/h4-8,12H,9H2,1-3H3,(H,17,19)/b10-8+/t12-/m1/s1. The normalized spacial score (nSPS) is 12.7. The molecule has 1 aromatic rings. The van der Waals surface area contributed by atoms with Gasteiger partial charge >= 0.3 is 0 Å². The Morgan fingerprint density at radius 2 is 2.00 bits per heavy atom. The summed E-state index contributed by atoms with van der Waals surface area (Å²) in [5.74, 6) is -0.774. The van der Waals surface area contributed by atoms with Crippen LogP contribution in [0.2, 0.25) is 0 Å². The fourth-order valence-electron chi connectivity index (χ4n) is 1.71. The molecule has 1 rings (SSSR count). The summed E-state index contributed by atoms with van der Waals surface area (Å²) in [7, 11) is 1.52. The number of halogens is 1. The molecule has 5 heteroatoms. The smallest absolute Gasteiger partial charge is 0.235 e. The molecule has 4 nitrogen and oxygen atoms in total. The summed E-state index contributed by atoms with van der Waals surface area (Å²) in [4.78, 5) is 23.8. The van der Waals surface area contributed by atoms with Crippen LogP contribution in [0, 0.1) is 5.92 Å². The molecule has 0 aliphatic heterocycles. The Morgan fingerprint density at radius 1 is 1.35 bits per heavy atom. The molecule has 0 heterocycles. The number of nitrogens with one attached hydrogen (secondary N) is 1. The summed E-state index contributed by atoms with van der Waals surface area (Å²) >= 11 is 5.74. The maximum Gasteiger partial charge on any atom is 0.235 e. The van der Waals surface area contributed by atoms with Crippen molar-refractivity contribution in [2.45, 2.75) is 20.3 Å². The van der Waals surface area contributed by atoms with Gasteiger partial charge in [-0.05, 0) is 32.4 Å². The van der Waals surface area contributed by atoms with Gasteiger partial charge < -0.3 is 10.1 Å². The molecule has 0 spiro atoms. The number of hydrogen-bond acceptors (Lipinski definition) is 3. The molecule has 0 saturated carbocycles. The molecule has 0 radical (unpaired) electrons. The zero-order valence-electron chi connectivity index (χ0n) is 11.8. The lowest BCUT2D eigenvalue weighted by Crippen LogP contribution is -2.28. The Morgan fingerprint density at radius 3 is 2.55 bits per heavy atom. The molecule has 1 atom stereocenters. The van der Waals surface area contributed by atoms with E-state index in [-0.39, 0.29) is 18.1 Å². The number of Topliss-reactive ketones (excluding diaryl/α,β-unsaturated/α-hetero) is 1. The minimum absolute atomic E-state index is 0.202. The van der Waals surface area contributed by atoms with Crippen LogP contribution in [0.1, 0.15) is 20.3 Å². The molecular weight excluding hydrogens is 278 g/mol. The van der Waals surface area contributed by atoms with E-state index in [2.05, 4.69) is 5.32 Å². The SMILES string of the molecule is COc1ccccc1NC(=O)[C@H](C/C=C(\C)Cl)C(C)=O. The van der Waals surface area contributed by atoms with E-state index in [1.165, 1.54) is 14.0 Å². The topological polar surface area (TPSA) is 55.4 Å². The van der Waals surface area contributed by atoms with Crippen LogP contribution < -0.4 is 10.1 Å². The minimum atomic E-state index is -0.756. The van der Waals surface area contributed by atoms with Crippen LogP contribution >= 0.6 is 11.6 Å². The molecule has 108 valence electrons. The van der Waals surface area contributed by atoms with Crippen molar-refractivity contribution in [2.24, 2.45) is 5.92 Å². The highest BCUT2D eigenvalue weighted by atomic mass is 35.5. The van der Waals surface area contributed by atoms with E-state index in [0.29, 0.717) is 16.5 Å². The summed E-state index contributed by atoms with van der Waals surface area (Å²) in [6, 6.07) is 7.04. The summed E-state index contributed by atoms with van der Waals surface area (Å²) < 4.78 is 5.15. The molecule has 1 aromatic carbocycles. The number of benzene rings is 1. The van der Waals surface area contributed by atoms with Gasteiger partial charge in [0.25, 0.3) is 0 Å². The number of allylic oxidation sites excluding steroid dienone is 2. The van der Waals surface area contributed by atoms with Crippen molar-refractivity contribution >= 4 is 29.0 Å². The van der Waals surface area contributed by atoms with Gasteiger partial charge in [0, 0.05) is 5.03 Å². The number of amides is 1. The number of anilines is 1. The first-order valence-electron chi connectivity index (χ1n) is 6.22. The first-order valence-corrected chi connectivity index (χ1v) is 6.60. The van der Waals surface area contributed by atoms with Gasteiger partial charge in [0.2, 0.25) is 5.91 Å². The lowest BCUT2D eigenvalue weighted by molar-refractivity contribution is -0.129. The number of hydrogen-bond donors (Lipinski definition) is 1. The van der Waals surface area contributed by atoms with Crippen molar-refractivity contribution in [1.29, 1.82) is 0 Å². The predicted molar refractivity (Wildman–Crippen MR) is 80.0 cm³/mol. The number of para-hydroxylation sites is 2. The highest BCUT2D eigenvalue weighted by molar-refractivity contribution is 6.29. The number of ether oxygens (including phenoxy) is 1. The molecule has 0 bridgehead atoms. The average molecular weight is 296 g/mol. The van der Waals surface area contributed by atoms with E-state index in [1.54, 1.807) is 37.3 Å². The van der Waals surface area contributed by atoms with Gasteiger partial charge in [0.15, 0.2) is 0 Å².